The van der Waals surface area contributed by atoms with E-state index in [0.717, 1.165) is 18.4 Å². The Balaban J connectivity index is 2.49. The third-order valence-corrected chi connectivity index (χ3v) is 3.15. The molecule has 1 aliphatic rings. The average molecular weight is 262 g/mol. The van der Waals surface area contributed by atoms with Gasteiger partial charge in [-0.25, -0.2) is 0 Å². The minimum Gasteiger partial charge on any atom is -0.489 e. The number of ether oxygens (including phenoxy) is 1. The van der Waals surface area contributed by atoms with Crippen molar-refractivity contribution in [2.45, 2.75) is 45.1 Å². The smallest absolute Gasteiger partial charge is 0.258 e. The molecule has 0 radical (unpaired) electrons. The molecule has 19 heavy (non-hydrogen) atoms. The number of carbonyl (C=O) groups is 1. The van der Waals surface area contributed by atoms with E-state index >= 15 is 0 Å². The summed E-state index contributed by atoms with van der Waals surface area (Å²) in [5.74, 6) is 0.651. The van der Waals surface area contributed by atoms with Gasteiger partial charge in [0.05, 0.1) is 6.10 Å². The molecule has 0 bridgehead atoms. The van der Waals surface area contributed by atoms with Gasteiger partial charge < -0.3 is 9.64 Å². The highest BCUT2D eigenvalue weighted by Crippen LogP contribution is 2.37. The molecule has 4 heteroatoms. The Labute approximate surface area is 114 Å². The molecular formula is C15H22N2O2. The maximum Gasteiger partial charge on any atom is 0.258 e. The summed E-state index contributed by atoms with van der Waals surface area (Å²) in [6, 6.07) is 0. The molecule has 1 aromatic heterocycles. The molecule has 0 unspecified atom stereocenters. The lowest BCUT2D eigenvalue weighted by Gasteiger charge is -2.24. The van der Waals surface area contributed by atoms with Crippen LogP contribution < -0.4 is 4.74 Å². The van der Waals surface area contributed by atoms with Crippen LogP contribution in [-0.4, -0.2) is 36.0 Å². The van der Waals surface area contributed by atoms with Crippen LogP contribution in [0.25, 0.3) is 0 Å². The summed E-state index contributed by atoms with van der Waals surface area (Å²) in [6.07, 6.45) is 5.82. The second-order valence-electron chi connectivity index (χ2n) is 6.33. The molecule has 1 amide bonds. The van der Waals surface area contributed by atoms with Gasteiger partial charge in [0.2, 0.25) is 0 Å². The molecule has 0 aromatic carbocycles. The highest BCUT2D eigenvalue weighted by atomic mass is 16.5. The minimum atomic E-state index is -0.0974. The first-order valence-electron chi connectivity index (χ1n) is 6.67. The second kappa shape index (κ2) is 4.83. The molecule has 2 rings (SSSR count). The largest absolute Gasteiger partial charge is 0.489 e. The van der Waals surface area contributed by atoms with Crippen LogP contribution in [-0.2, 0) is 5.41 Å². The predicted molar refractivity (Wildman–Crippen MR) is 74.6 cm³/mol. The van der Waals surface area contributed by atoms with Crippen LogP contribution in [0.15, 0.2) is 12.4 Å². The standard InChI is InChI=1S/C15H22N2O2/c1-15(2,3)12-9-16-8-11(14(18)17(4)5)13(12)19-10-6-7-10/h8-10H,6-7H2,1-5H3. The lowest BCUT2D eigenvalue weighted by Crippen LogP contribution is -2.25. The second-order valence-corrected chi connectivity index (χ2v) is 6.33. The first-order valence-corrected chi connectivity index (χ1v) is 6.67. The Bertz CT molecular complexity index is 485. The summed E-state index contributed by atoms with van der Waals surface area (Å²) >= 11 is 0. The number of hydrogen-bond acceptors (Lipinski definition) is 3. The molecule has 1 saturated carbocycles. The minimum absolute atomic E-state index is 0.0609. The number of nitrogens with zero attached hydrogens (tertiary/aromatic N) is 2. The van der Waals surface area contributed by atoms with E-state index in [0.29, 0.717) is 11.3 Å². The van der Waals surface area contributed by atoms with Crippen LogP contribution >= 0.6 is 0 Å². The van der Waals surface area contributed by atoms with Crippen LogP contribution in [0.2, 0.25) is 0 Å². The number of aromatic nitrogens is 1. The van der Waals surface area contributed by atoms with Crippen LogP contribution in [0.3, 0.4) is 0 Å². The van der Waals surface area contributed by atoms with Crippen molar-refractivity contribution in [3.8, 4) is 5.75 Å². The molecule has 0 N–H and O–H groups in total. The van der Waals surface area contributed by atoms with E-state index in [1.807, 2.05) is 6.20 Å². The van der Waals surface area contributed by atoms with Gasteiger partial charge >= 0.3 is 0 Å². The SMILES string of the molecule is CN(C)C(=O)c1cncc(C(C)(C)C)c1OC1CC1. The van der Waals surface area contributed by atoms with Crippen molar-refractivity contribution in [1.29, 1.82) is 0 Å². The molecule has 4 nitrogen and oxygen atoms in total. The molecule has 104 valence electrons. The van der Waals surface area contributed by atoms with Crippen LogP contribution in [0.1, 0.15) is 49.5 Å². The van der Waals surface area contributed by atoms with Gasteiger partial charge in [0.15, 0.2) is 0 Å². The number of pyridine rings is 1. The van der Waals surface area contributed by atoms with Crippen LogP contribution in [0.5, 0.6) is 5.75 Å². The van der Waals surface area contributed by atoms with Crippen molar-refractivity contribution in [1.82, 2.24) is 9.88 Å². The molecule has 0 atom stereocenters. The van der Waals surface area contributed by atoms with Crippen LogP contribution in [0.4, 0.5) is 0 Å². The molecule has 1 aliphatic carbocycles. The number of rotatable bonds is 3. The van der Waals surface area contributed by atoms with Gasteiger partial charge in [0, 0.05) is 32.1 Å². The lowest BCUT2D eigenvalue weighted by atomic mass is 9.86. The summed E-state index contributed by atoms with van der Waals surface area (Å²) in [7, 11) is 3.49. The third kappa shape index (κ3) is 3.06. The van der Waals surface area contributed by atoms with Crippen molar-refractivity contribution in [3.05, 3.63) is 23.5 Å². The molecule has 1 heterocycles. The van der Waals surface area contributed by atoms with E-state index in [-0.39, 0.29) is 17.4 Å². The summed E-state index contributed by atoms with van der Waals surface area (Å²) in [6.45, 7) is 6.31. The van der Waals surface area contributed by atoms with Gasteiger partial charge in [0.1, 0.15) is 11.3 Å². The number of amides is 1. The quantitative estimate of drug-likeness (QED) is 0.841. The highest BCUT2D eigenvalue weighted by molar-refractivity contribution is 5.96. The zero-order valence-corrected chi connectivity index (χ0v) is 12.4. The Hall–Kier alpha value is -1.58. The summed E-state index contributed by atoms with van der Waals surface area (Å²) in [5.41, 5.74) is 1.45. The fourth-order valence-corrected chi connectivity index (χ4v) is 1.86. The van der Waals surface area contributed by atoms with E-state index < -0.39 is 0 Å². The van der Waals surface area contributed by atoms with E-state index in [1.54, 1.807) is 25.2 Å². The lowest BCUT2D eigenvalue weighted by molar-refractivity contribution is 0.0822. The predicted octanol–water partition coefficient (Wildman–Crippen LogP) is 2.62. The molecule has 0 saturated heterocycles. The zero-order valence-electron chi connectivity index (χ0n) is 12.4. The van der Waals surface area contributed by atoms with Crippen molar-refractivity contribution < 1.29 is 9.53 Å². The first kappa shape index (κ1) is 13.8. The average Bonchev–Trinajstić information content (AvgIpc) is 3.10. The Morgan fingerprint density at radius 3 is 2.42 bits per heavy atom. The van der Waals surface area contributed by atoms with E-state index in [9.17, 15) is 4.79 Å². The van der Waals surface area contributed by atoms with E-state index in [2.05, 4.69) is 25.8 Å². The molecule has 1 fully saturated rings. The van der Waals surface area contributed by atoms with Gasteiger partial charge in [-0.1, -0.05) is 20.8 Å². The zero-order chi connectivity index (χ0) is 14.2. The van der Waals surface area contributed by atoms with E-state index in [1.165, 1.54) is 0 Å². The molecule has 1 aromatic rings. The Morgan fingerprint density at radius 1 is 1.32 bits per heavy atom. The van der Waals surface area contributed by atoms with Gasteiger partial charge in [0.25, 0.3) is 5.91 Å². The van der Waals surface area contributed by atoms with Crippen molar-refractivity contribution in [2.24, 2.45) is 0 Å². The monoisotopic (exact) mass is 262 g/mol. The maximum atomic E-state index is 12.3. The third-order valence-electron chi connectivity index (χ3n) is 3.15. The summed E-state index contributed by atoms with van der Waals surface area (Å²) < 4.78 is 6.00. The normalized spacial score (nSPS) is 15.2. The van der Waals surface area contributed by atoms with Crippen molar-refractivity contribution in [2.75, 3.05) is 14.1 Å². The fraction of sp³-hybridized carbons (Fsp3) is 0.600. The number of carbonyl (C=O) groups excluding carboxylic acids is 1. The molecule has 0 spiro atoms. The Kier molecular flexibility index (Phi) is 3.52. The van der Waals surface area contributed by atoms with Gasteiger partial charge in [-0.15, -0.1) is 0 Å². The van der Waals surface area contributed by atoms with Gasteiger partial charge in [-0.05, 0) is 18.3 Å². The topological polar surface area (TPSA) is 42.4 Å². The first-order chi connectivity index (χ1) is 8.80. The fourth-order valence-electron chi connectivity index (χ4n) is 1.86. The van der Waals surface area contributed by atoms with Crippen LogP contribution in [0, 0.1) is 0 Å². The Morgan fingerprint density at radius 2 is 1.95 bits per heavy atom. The summed E-state index contributed by atoms with van der Waals surface area (Å²) in [4.78, 5) is 18.0. The maximum absolute atomic E-state index is 12.3. The summed E-state index contributed by atoms with van der Waals surface area (Å²) in [5, 5.41) is 0. The van der Waals surface area contributed by atoms with E-state index in [4.69, 9.17) is 4.74 Å². The van der Waals surface area contributed by atoms with Gasteiger partial charge in [-0.3, -0.25) is 9.78 Å². The molecular weight excluding hydrogens is 240 g/mol. The highest BCUT2D eigenvalue weighted by Gasteiger charge is 2.31. The number of hydrogen-bond donors (Lipinski definition) is 0. The van der Waals surface area contributed by atoms with Gasteiger partial charge in [-0.2, -0.15) is 0 Å². The molecule has 0 aliphatic heterocycles. The van der Waals surface area contributed by atoms with Crippen molar-refractivity contribution in [3.63, 3.8) is 0 Å². The van der Waals surface area contributed by atoms with Crippen molar-refractivity contribution >= 4 is 5.91 Å².